The molecule has 118 valence electrons. The van der Waals surface area contributed by atoms with Crippen molar-refractivity contribution in [2.75, 3.05) is 21.3 Å². The molecule has 1 aromatic heterocycles. The van der Waals surface area contributed by atoms with Crippen molar-refractivity contribution in [2.45, 2.75) is 6.92 Å². The average Bonchev–Trinajstić information content (AvgIpc) is 2.99. The fourth-order valence-corrected chi connectivity index (χ4v) is 2.16. The Kier molecular flexibility index (Phi) is 4.71. The van der Waals surface area contributed by atoms with E-state index in [4.69, 9.17) is 26.1 Å². The molecule has 0 atom stereocenters. The number of nitrogens with zero attached hydrogens (tertiary/aromatic N) is 1. The van der Waals surface area contributed by atoms with Gasteiger partial charge in [0.15, 0.2) is 16.4 Å². The summed E-state index contributed by atoms with van der Waals surface area (Å²) in [4.78, 5) is 0. The van der Waals surface area contributed by atoms with Crippen LogP contribution in [0.3, 0.4) is 0 Å². The molecule has 22 heavy (non-hydrogen) atoms. The SMILES string of the molecule is CNC(=S)N/N=C(\C)c1c(O)c(OC)c2occc2c1OC. The molecular formula is C14H17N3O4S. The second kappa shape index (κ2) is 6.52. The number of hydrogen-bond donors (Lipinski definition) is 3. The van der Waals surface area contributed by atoms with Gasteiger partial charge in [-0.1, -0.05) is 0 Å². The van der Waals surface area contributed by atoms with Crippen LogP contribution < -0.4 is 20.2 Å². The quantitative estimate of drug-likeness (QED) is 0.450. The number of benzene rings is 1. The molecule has 2 aromatic rings. The summed E-state index contributed by atoms with van der Waals surface area (Å²) >= 11 is 4.97. The first kappa shape index (κ1) is 15.9. The Balaban J connectivity index is 2.66. The molecule has 0 bridgehead atoms. The summed E-state index contributed by atoms with van der Waals surface area (Å²) in [5, 5.41) is 18.4. The van der Waals surface area contributed by atoms with Crippen molar-refractivity contribution in [3.8, 4) is 17.2 Å². The van der Waals surface area contributed by atoms with Crippen LogP contribution in [-0.2, 0) is 0 Å². The van der Waals surface area contributed by atoms with Crippen LogP contribution in [0, 0.1) is 0 Å². The highest BCUT2D eigenvalue weighted by atomic mass is 32.1. The zero-order valence-electron chi connectivity index (χ0n) is 12.7. The predicted octanol–water partition coefficient (Wildman–Crippen LogP) is 1.97. The summed E-state index contributed by atoms with van der Waals surface area (Å²) in [5.41, 5.74) is 3.96. The summed E-state index contributed by atoms with van der Waals surface area (Å²) in [5.74, 6) is 0.558. The molecule has 0 aliphatic carbocycles. The topological polar surface area (TPSA) is 88.3 Å². The van der Waals surface area contributed by atoms with Gasteiger partial charge in [0.05, 0.1) is 37.1 Å². The van der Waals surface area contributed by atoms with Crippen LogP contribution in [0.1, 0.15) is 12.5 Å². The van der Waals surface area contributed by atoms with Crippen molar-refractivity contribution >= 4 is 34.0 Å². The number of furan rings is 1. The Bertz CT molecular complexity index is 739. The number of aromatic hydroxyl groups is 1. The first-order chi connectivity index (χ1) is 10.5. The highest BCUT2D eigenvalue weighted by molar-refractivity contribution is 7.80. The molecule has 3 N–H and O–H groups in total. The number of methoxy groups -OCH3 is 2. The molecule has 0 aliphatic rings. The van der Waals surface area contributed by atoms with Crippen LogP contribution >= 0.6 is 12.2 Å². The number of phenolic OH excluding ortho intramolecular Hbond substituents is 1. The van der Waals surface area contributed by atoms with Gasteiger partial charge in [0.1, 0.15) is 5.75 Å². The van der Waals surface area contributed by atoms with E-state index in [0.29, 0.717) is 33.1 Å². The second-order valence-corrected chi connectivity index (χ2v) is 4.75. The van der Waals surface area contributed by atoms with Gasteiger partial charge in [0, 0.05) is 7.05 Å². The van der Waals surface area contributed by atoms with E-state index in [1.54, 1.807) is 20.0 Å². The maximum atomic E-state index is 10.5. The van der Waals surface area contributed by atoms with Crippen LogP contribution in [-0.4, -0.2) is 37.2 Å². The molecule has 0 unspecified atom stereocenters. The minimum atomic E-state index is -0.111. The van der Waals surface area contributed by atoms with E-state index < -0.39 is 0 Å². The lowest BCUT2D eigenvalue weighted by molar-refractivity contribution is 0.364. The zero-order valence-corrected chi connectivity index (χ0v) is 13.5. The number of hydrogen-bond acceptors (Lipinski definition) is 6. The first-order valence-electron chi connectivity index (χ1n) is 6.41. The molecule has 0 saturated carbocycles. The van der Waals surface area contributed by atoms with E-state index in [1.807, 2.05) is 0 Å². The van der Waals surface area contributed by atoms with Gasteiger partial charge in [-0.15, -0.1) is 0 Å². The third-order valence-corrected chi connectivity index (χ3v) is 3.41. The molecule has 1 aromatic carbocycles. The van der Waals surface area contributed by atoms with Gasteiger partial charge >= 0.3 is 0 Å². The summed E-state index contributed by atoms with van der Waals surface area (Å²) in [6.07, 6.45) is 1.50. The van der Waals surface area contributed by atoms with Gasteiger partial charge in [-0.05, 0) is 25.2 Å². The van der Waals surface area contributed by atoms with E-state index >= 15 is 0 Å². The summed E-state index contributed by atoms with van der Waals surface area (Å²) in [6, 6.07) is 1.73. The highest BCUT2D eigenvalue weighted by Gasteiger charge is 2.24. The fourth-order valence-electron chi connectivity index (χ4n) is 2.11. The van der Waals surface area contributed by atoms with Crippen molar-refractivity contribution in [2.24, 2.45) is 5.10 Å². The van der Waals surface area contributed by atoms with Crippen molar-refractivity contribution < 1.29 is 19.0 Å². The molecule has 0 fully saturated rings. The van der Waals surface area contributed by atoms with Crippen molar-refractivity contribution in [3.63, 3.8) is 0 Å². The maximum absolute atomic E-state index is 10.5. The van der Waals surface area contributed by atoms with Crippen LogP contribution in [0.2, 0.25) is 0 Å². The number of nitrogens with one attached hydrogen (secondary N) is 2. The Labute approximate surface area is 132 Å². The van der Waals surface area contributed by atoms with E-state index in [1.165, 1.54) is 20.5 Å². The highest BCUT2D eigenvalue weighted by Crippen LogP contribution is 2.45. The Hall–Kier alpha value is -2.48. The minimum absolute atomic E-state index is 0.111. The number of thiocarbonyl (C=S) groups is 1. The summed E-state index contributed by atoms with van der Waals surface area (Å²) in [7, 11) is 4.64. The molecule has 8 heteroatoms. The predicted molar refractivity (Wildman–Crippen MR) is 88.0 cm³/mol. The number of rotatable bonds is 4. The Morgan fingerprint density at radius 1 is 1.32 bits per heavy atom. The molecule has 0 saturated heterocycles. The van der Waals surface area contributed by atoms with Crippen LogP contribution in [0.25, 0.3) is 11.0 Å². The van der Waals surface area contributed by atoms with E-state index in [-0.39, 0.29) is 11.5 Å². The van der Waals surface area contributed by atoms with Gasteiger partial charge in [0.25, 0.3) is 0 Å². The summed E-state index contributed by atoms with van der Waals surface area (Å²) in [6.45, 7) is 1.72. The van der Waals surface area contributed by atoms with Crippen molar-refractivity contribution in [1.82, 2.24) is 10.7 Å². The second-order valence-electron chi connectivity index (χ2n) is 4.34. The lowest BCUT2D eigenvalue weighted by atomic mass is 10.0. The number of fused-ring (bicyclic) bond motifs is 1. The maximum Gasteiger partial charge on any atom is 0.205 e. The molecule has 2 rings (SSSR count). The lowest BCUT2D eigenvalue weighted by Gasteiger charge is -2.14. The largest absolute Gasteiger partial charge is 0.504 e. The van der Waals surface area contributed by atoms with Crippen LogP contribution in [0.15, 0.2) is 21.8 Å². The van der Waals surface area contributed by atoms with Crippen molar-refractivity contribution in [3.05, 3.63) is 17.9 Å². The van der Waals surface area contributed by atoms with Crippen LogP contribution in [0.4, 0.5) is 0 Å². The van der Waals surface area contributed by atoms with Crippen LogP contribution in [0.5, 0.6) is 17.2 Å². The Morgan fingerprint density at radius 2 is 2.00 bits per heavy atom. The van der Waals surface area contributed by atoms with E-state index in [9.17, 15) is 5.11 Å². The number of hydrazone groups is 1. The van der Waals surface area contributed by atoms with Gasteiger partial charge in [-0.25, -0.2) is 0 Å². The average molecular weight is 323 g/mol. The van der Waals surface area contributed by atoms with Gasteiger partial charge in [-0.2, -0.15) is 5.10 Å². The van der Waals surface area contributed by atoms with E-state index in [0.717, 1.165) is 0 Å². The standard InChI is InChI=1S/C14H17N3O4S/c1-7(16-17-14(22)15-2)9-10(18)13(20-4)12-8(5-6-21-12)11(9)19-3/h5-6,18H,1-4H3,(H2,15,17,22)/b16-7+. The summed E-state index contributed by atoms with van der Waals surface area (Å²) < 4.78 is 16.0. The van der Waals surface area contributed by atoms with Gasteiger partial charge in [0.2, 0.25) is 5.75 Å². The van der Waals surface area contributed by atoms with E-state index in [2.05, 4.69) is 15.8 Å². The van der Waals surface area contributed by atoms with Gasteiger partial charge in [-0.3, -0.25) is 5.43 Å². The fraction of sp³-hybridized carbons (Fsp3) is 0.286. The van der Waals surface area contributed by atoms with Gasteiger partial charge < -0.3 is 24.3 Å². The molecule has 7 nitrogen and oxygen atoms in total. The monoisotopic (exact) mass is 323 g/mol. The molecular weight excluding hydrogens is 306 g/mol. The molecule has 0 radical (unpaired) electrons. The molecule has 0 amide bonds. The Morgan fingerprint density at radius 3 is 2.59 bits per heavy atom. The smallest absolute Gasteiger partial charge is 0.205 e. The first-order valence-corrected chi connectivity index (χ1v) is 6.82. The third kappa shape index (κ3) is 2.64. The minimum Gasteiger partial charge on any atom is -0.504 e. The van der Waals surface area contributed by atoms with Crippen molar-refractivity contribution in [1.29, 1.82) is 0 Å². The zero-order chi connectivity index (χ0) is 16.3. The lowest BCUT2D eigenvalue weighted by Crippen LogP contribution is -2.29. The number of ether oxygens (including phenoxy) is 2. The molecule has 0 aliphatic heterocycles. The normalized spacial score (nSPS) is 11.4. The molecule has 1 heterocycles. The number of phenols is 1. The third-order valence-electron chi connectivity index (χ3n) is 3.12. The molecule has 0 spiro atoms.